The first-order chi connectivity index (χ1) is 8.78. The van der Waals surface area contributed by atoms with Crippen molar-refractivity contribution in [3.05, 3.63) is 11.6 Å². The lowest BCUT2D eigenvalue weighted by Gasteiger charge is -2.20. The van der Waals surface area contributed by atoms with Gasteiger partial charge in [-0.1, -0.05) is 6.92 Å². The molecule has 1 aromatic rings. The molecule has 2 aliphatic carbocycles. The van der Waals surface area contributed by atoms with Gasteiger partial charge in [0.05, 0.1) is 0 Å². The van der Waals surface area contributed by atoms with Gasteiger partial charge in [0.25, 0.3) is 5.91 Å². The number of aromatic nitrogens is 3. The second-order valence-electron chi connectivity index (χ2n) is 5.51. The Morgan fingerprint density at radius 3 is 2.78 bits per heavy atom. The summed E-state index contributed by atoms with van der Waals surface area (Å²) in [7, 11) is 0. The van der Waals surface area contributed by atoms with Gasteiger partial charge in [-0.05, 0) is 38.0 Å². The maximum atomic E-state index is 12.3. The highest BCUT2D eigenvalue weighted by molar-refractivity contribution is 5.90. The maximum Gasteiger partial charge on any atom is 0.293 e. The largest absolute Gasteiger partial charge is 0.336 e. The van der Waals surface area contributed by atoms with Crippen LogP contribution in [0, 0.1) is 5.92 Å². The summed E-state index contributed by atoms with van der Waals surface area (Å²) in [4.78, 5) is 18.6. The number of hydrogen-bond donors (Lipinski definition) is 1. The SMILES string of the molecule is CCCN(CC1CC1)C(=O)c1n[nH]c(C2CC2)n1. The summed E-state index contributed by atoms with van der Waals surface area (Å²) < 4.78 is 0. The van der Waals surface area contributed by atoms with Gasteiger partial charge in [-0.3, -0.25) is 9.89 Å². The fourth-order valence-corrected chi connectivity index (χ4v) is 2.21. The topological polar surface area (TPSA) is 61.9 Å². The van der Waals surface area contributed by atoms with Crippen LogP contribution >= 0.6 is 0 Å². The molecule has 0 radical (unpaired) electrons. The normalized spacial score (nSPS) is 18.9. The Morgan fingerprint density at radius 1 is 1.39 bits per heavy atom. The van der Waals surface area contributed by atoms with Gasteiger partial charge in [0.1, 0.15) is 5.82 Å². The number of rotatable bonds is 6. The molecule has 0 unspecified atom stereocenters. The van der Waals surface area contributed by atoms with Crippen LogP contribution in [0.4, 0.5) is 0 Å². The Balaban J connectivity index is 1.68. The second-order valence-corrected chi connectivity index (χ2v) is 5.51. The highest BCUT2D eigenvalue weighted by atomic mass is 16.2. The van der Waals surface area contributed by atoms with Crippen molar-refractivity contribution in [2.24, 2.45) is 5.92 Å². The third kappa shape index (κ3) is 2.54. The average molecular weight is 248 g/mol. The van der Waals surface area contributed by atoms with Crippen LogP contribution in [-0.2, 0) is 0 Å². The van der Waals surface area contributed by atoms with E-state index >= 15 is 0 Å². The highest BCUT2D eigenvalue weighted by Crippen LogP contribution is 2.37. The highest BCUT2D eigenvalue weighted by Gasteiger charge is 2.31. The van der Waals surface area contributed by atoms with Gasteiger partial charge in [0.2, 0.25) is 5.82 Å². The number of H-pyrrole nitrogens is 1. The fraction of sp³-hybridized carbons (Fsp3) is 0.769. The zero-order valence-electron chi connectivity index (χ0n) is 10.9. The van der Waals surface area contributed by atoms with E-state index in [9.17, 15) is 4.79 Å². The van der Waals surface area contributed by atoms with Crippen LogP contribution in [0.1, 0.15) is 61.4 Å². The van der Waals surface area contributed by atoms with Crippen molar-refractivity contribution in [3.63, 3.8) is 0 Å². The molecule has 18 heavy (non-hydrogen) atoms. The number of carbonyl (C=O) groups is 1. The Kier molecular flexibility index (Phi) is 3.06. The second kappa shape index (κ2) is 4.71. The van der Waals surface area contributed by atoms with Gasteiger partial charge in [0, 0.05) is 19.0 Å². The molecular formula is C13H20N4O. The van der Waals surface area contributed by atoms with Gasteiger partial charge >= 0.3 is 0 Å². The summed E-state index contributed by atoms with van der Waals surface area (Å²) in [5, 5.41) is 6.99. The molecule has 98 valence electrons. The lowest BCUT2D eigenvalue weighted by atomic mass is 10.3. The maximum absolute atomic E-state index is 12.3. The number of aromatic amines is 1. The first-order valence-corrected chi connectivity index (χ1v) is 6.99. The third-order valence-corrected chi connectivity index (χ3v) is 3.61. The van der Waals surface area contributed by atoms with E-state index in [1.165, 1.54) is 25.7 Å². The number of nitrogens with zero attached hydrogens (tertiary/aromatic N) is 3. The minimum atomic E-state index is -0.00750. The molecule has 0 bridgehead atoms. The zero-order valence-corrected chi connectivity index (χ0v) is 10.9. The molecule has 2 fully saturated rings. The molecule has 1 N–H and O–H groups in total. The van der Waals surface area contributed by atoms with Gasteiger partial charge < -0.3 is 4.90 Å². The minimum Gasteiger partial charge on any atom is -0.336 e. The Morgan fingerprint density at radius 2 is 2.17 bits per heavy atom. The molecule has 1 aromatic heterocycles. The van der Waals surface area contributed by atoms with E-state index in [1.807, 2.05) is 4.90 Å². The zero-order chi connectivity index (χ0) is 12.5. The van der Waals surface area contributed by atoms with Gasteiger partial charge in [0.15, 0.2) is 0 Å². The van der Waals surface area contributed by atoms with Crippen LogP contribution in [0.5, 0.6) is 0 Å². The number of nitrogens with one attached hydrogen (secondary N) is 1. The monoisotopic (exact) mass is 248 g/mol. The number of carbonyl (C=O) groups excluding carboxylic acids is 1. The van der Waals surface area contributed by atoms with E-state index in [2.05, 4.69) is 22.1 Å². The summed E-state index contributed by atoms with van der Waals surface area (Å²) in [6.45, 7) is 3.78. The van der Waals surface area contributed by atoms with Crippen molar-refractivity contribution in [1.82, 2.24) is 20.1 Å². The van der Waals surface area contributed by atoms with Crippen molar-refractivity contribution in [1.29, 1.82) is 0 Å². The fourth-order valence-electron chi connectivity index (χ4n) is 2.21. The smallest absolute Gasteiger partial charge is 0.293 e. The first kappa shape index (κ1) is 11.7. The van der Waals surface area contributed by atoms with Crippen LogP contribution < -0.4 is 0 Å². The summed E-state index contributed by atoms with van der Waals surface area (Å²) >= 11 is 0. The molecule has 2 aliphatic rings. The molecule has 0 saturated heterocycles. The molecule has 0 spiro atoms. The van der Waals surface area contributed by atoms with Crippen LogP contribution in [0.15, 0.2) is 0 Å². The Labute approximate surface area is 107 Å². The van der Waals surface area contributed by atoms with E-state index in [0.29, 0.717) is 17.7 Å². The van der Waals surface area contributed by atoms with Crippen LogP contribution in [-0.4, -0.2) is 39.1 Å². The molecule has 0 aromatic carbocycles. The third-order valence-electron chi connectivity index (χ3n) is 3.61. The molecule has 1 amide bonds. The first-order valence-electron chi connectivity index (χ1n) is 6.99. The molecule has 0 atom stereocenters. The quantitative estimate of drug-likeness (QED) is 0.837. The van der Waals surface area contributed by atoms with Crippen molar-refractivity contribution < 1.29 is 4.79 Å². The van der Waals surface area contributed by atoms with E-state index in [1.54, 1.807) is 0 Å². The lowest BCUT2D eigenvalue weighted by Crippen LogP contribution is -2.34. The van der Waals surface area contributed by atoms with Crippen molar-refractivity contribution in [2.75, 3.05) is 13.1 Å². The molecule has 1 heterocycles. The Bertz CT molecular complexity index is 434. The summed E-state index contributed by atoms with van der Waals surface area (Å²) in [6.07, 6.45) is 5.84. The van der Waals surface area contributed by atoms with Gasteiger partial charge in [-0.15, -0.1) is 5.10 Å². The number of amides is 1. The van der Waals surface area contributed by atoms with Crippen molar-refractivity contribution in [2.45, 2.75) is 44.9 Å². The van der Waals surface area contributed by atoms with E-state index in [-0.39, 0.29) is 5.91 Å². The van der Waals surface area contributed by atoms with Crippen LogP contribution in [0.3, 0.4) is 0 Å². The van der Waals surface area contributed by atoms with Crippen molar-refractivity contribution in [3.8, 4) is 0 Å². The van der Waals surface area contributed by atoms with Crippen molar-refractivity contribution >= 4 is 5.91 Å². The summed E-state index contributed by atoms with van der Waals surface area (Å²) in [5.41, 5.74) is 0. The van der Waals surface area contributed by atoms with Gasteiger partial charge in [-0.25, -0.2) is 4.98 Å². The molecule has 3 rings (SSSR count). The van der Waals surface area contributed by atoms with E-state index in [0.717, 1.165) is 25.3 Å². The van der Waals surface area contributed by atoms with E-state index < -0.39 is 0 Å². The summed E-state index contributed by atoms with van der Waals surface area (Å²) in [5.74, 6) is 2.46. The standard InChI is InChI=1S/C13H20N4O/c1-2-7-17(8-9-3-4-9)13(18)12-14-11(15-16-12)10-5-6-10/h9-10H,2-8H2,1H3,(H,14,15,16). The molecule has 5 heteroatoms. The minimum absolute atomic E-state index is 0.00750. The van der Waals surface area contributed by atoms with Gasteiger partial charge in [-0.2, -0.15) is 0 Å². The Hall–Kier alpha value is -1.39. The molecule has 2 saturated carbocycles. The molecule has 0 aliphatic heterocycles. The van der Waals surface area contributed by atoms with Crippen LogP contribution in [0.25, 0.3) is 0 Å². The molecule has 5 nitrogen and oxygen atoms in total. The van der Waals surface area contributed by atoms with Crippen LogP contribution in [0.2, 0.25) is 0 Å². The summed E-state index contributed by atoms with van der Waals surface area (Å²) in [6, 6.07) is 0. The molecular weight excluding hydrogens is 228 g/mol. The number of hydrogen-bond acceptors (Lipinski definition) is 3. The predicted octanol–water partition coefficient (Wildman–Crippen LogP) is 1.94. The predicted molar refractivity (Wildman–Crippen MR) is 67.3 cm³/mol. The van der Waals surface area contributed by atoms with E-state index in [4.69, 9.17) is 0 Å². The lowest BCUT2D eigenvalue weighted by molar-refractivity contribution is 0.0736. The average Bonchev–Trinajstić information content (AvgIpc) is 3.29.